The average Bonchev–Trinajstić information content (AvgIpc) is 2.44. The van der Waals surface area contributed by atoms with Crippen LogP contribution < -0.4 is 0 Å². The van der Waals surface area contributed by atoms with Gasteiger partial charge in [-0.05, 0) is 31.6 Å². The molecule has 0 heterocycles. The first-order valence-electron chi connectivity index (χ1n) is 7.86. The Morgan fingerprint density at radius 2 is 1.65 bits per heavy atom. The van der Waals surface area contributed by atoms with Crippen molar-refractivity contribution in [3.05, 3.63) is 12.2 Å². The predicted molar refractivity (Wildman–Crippen MR) is 83.7 cm³/mol. The quantitative estimate of drug-likeness (QED) is 0.300. The molecule has 0 aromatic heterocycles. The topological polar surface area (TPSA) is 35.5 Å². The van der Waals surface area contributed by atoms with Gasteiger partial charge in [-0.25, -0.2) is 0 Å². The standard InChI is InChI=1S/C17H32O3/c1-15(2)16(19-3)13-11-9-7-5-6-8-10-12-14-17(18)20-4/h9,11,15-16H,5-8,10,12-14H2,1-4H3/b11-9+. The molecule has 0 fully saturated rings. The summed E-state index contributed by atoms with van der Waals surface area (Å²) in [5, 5.41) is 0. The molecule has 118 valence electrons. The van der Waals surface area contributed by atoms with E-state index in [-0.39, 0.29) is 5.97 Å². The van der Waals surface area contributed by atoms with Crippen molar-refractivity contribution in [2.75, 3.05) is 14.2 Å². The molecule has 20 heavy (non-hydrogen) atoms. The van der Waals surface area contributed by atoms with Gasteiger partial charge in [-0.15, -0.1) is 0 Å². The second-order valence-electron chi connectivity index (χ2n) is 5.61. The molecule has 0 saturated heterocycles. The fraction of sp³-hybridized carbons (Fsp3) is 0.824. The van der Waals surface area contributed by atoms with Gasteiger partial charge in [0.05, 0.1) is 13.2 Å². The molecule has 0 saturated carbocycles. The van der Waals surface area contributed by atoms with E-state index in [0.29, 0.717) is 18.4 Å². The minimum atomic E-state index is -0.0919. The normalized spacial score (nSPS) is 13.1. The van der Waals surface area contributed by atoms with Crippen molar-refractivity contribution in [3.8, 4) is 0 Å². The molecule has 1 atom stereocenters. The van der Waals surface area contributed by atoms with E-state index in [9.17, 15) is 4.79 Å². The van der Waals surface area contributed by atoms with Crippen molar-refractivity contribution in [2.24, 2.45) is 5.92 Å². The third-order valence-corrected chi connectivity index (χ3v) is 3.56. The zero-order chi connectivity index (χ0) is 15.2. The summed E-state index contributed by atoms with van der Waals surface area (Å²) >= 11 is 0. The largest absolute Gasteiger partial charge is 0.469 e. The summed E-state index contributed by atoms with van der Waals surface area (Å²) in [7, 11) is 3.23. The van der Waals surface area contributed by atoms with Gasteiger partial charge in [0.25, 0.3) is 0 Å². The summed E-state index contributed by atoms with van der Waals surface area (Å²) in [6.07, 6.45) is 13.3. The smallest absolute Gasteiger partial charge is 0.305 e. The monoisotopic (exact) mass is 284 g/mol. The lowest BCUT2D eigenvalue weighted by Crippen LogP contribution is -2.16. The number of rotatable bonds is 12. The van der Waals surface area contributed by atoms with Crippen LogP contribution in [0.3, 0.4) is 0 Å². The highest BCUT2D eigenvalue weighted by Crippen LogP contribution is 2.12. The number of ether oxygens (including phenoxy) is 2. The van der Waals surface area contributed by atoms with Crippen LogP contribution in [0.1, 0.15) is 65.2 Å². The third kappa shape index (κ3) is 11.0. The molecular weight excluding hydrogens is 252 g/mol. The maximum absolute atomic E-state index is 10.9. The molecule has 0 spiro atoms. The SMILES string of the molecule is COC(=O)CCCCCCC/C=C/CC(OC)C(C)C. The zero-order valence-corrected chi connectivity index (χ0v) is 13.7. The van der Waals surface area contributed by atoms with Crippen molar-refractivity contribution in [1.82, 2.24) is 0 Å². The molecular formula is C17H32O3. The number of hydrogen-bond donors (Lipinski definition) is 0. The van der Waals surface area contributed by atoms with Crippen LogP contribution in [0.15, 0.2) is 12.2 Å². The molecule has 0 aromatic carbocycles. The van der Waals surface area contributed by atoms with Gasteiger partial charge in [0.15, 0.2) is 0 Å². The second-order valence-corrected chi connectivity index (χ2v) is 5.61. The molecule has 0 aromatic rings. The average molecular weight is 284 g/mol. The van der Waals surface area contributed by atoms with Crippen molar-refractivity contribution in [2.45, 2.75) is 71.3 Å². The summed E-state index contributed by atoms with van der Waals surface area (Å²) < 4.78 is 10.0. The van der Waals surface area contributed by atoms with Crippen molar-refractivity contribution < 1.29 is 14.3 Å². The number of carbonyl (C=O) groups is 1. The van der Waals surface area contributed by atoms with Gasteiger partial charge in [0.1, 0.15) is 0 Å². The lowest BCUT2D eigenvalue weighted by Gasteiger charge is -2.16. The van der Waals surface area contributed by atoms with Gasteiger partial charge in [0.2, 0.25) is 0 Å². The minimum absolute atomic E-state index is 0.0919. The fourth-order valence-corrected chi connectivity index (χ4v) is 2.15. The van der Waals surface area contributed by atoms with Crippen LogP contribution in [0, 0.1) is 5.92 Å². The molecule has 0 rings (SSSR count). The minimum Gasteiger partial charge on any atom is -0.469 e. The van der Waals surface area contributed by atoms with Gasteiger partial charge >= 0.3 is 5.97 Å². The Morgan fingerprint density at radius 3 is 2.25 bits per heavy atom. The number of unbranched alkanes of at least 4 members (excludes halogenated alkanes) is 5. The lowest BCUT2D eigenvalue weighted by atomic mass is 10.0. The van der Waals surface area contributed by atoms with E-state index in [1.54, 1.807) is 7.11 Å². The Kier molecular flexibility index (Phi) is 12.6. The Balaban J connectivity index is 3.37. The van der Waals surface area contributed by atoms with Crippen LogP contribution in [0.5, 0.6) is 0 Å². The maximum Gasteiger partial charge on any atom is 0.305 e. The molecule has 0 aliphatic carbocycles. The predicted octanol–water partition coefficient (Wildman–Crippen LogP) is 4.51. The first-order chi connectivity index (χ1) is 9.61. The molecule has 0 amide bonds. The third-order valence-electron chi connectivity index (χ3n) is 3.56. The molecule has 0 radical (unpaired) electrons. The first kappa shape index (κ1) is 19.2. The first-order valence-corrected chi connectivity index (χ1v) is 7.86. The van der Waals surface area contributed by atoms with E-state index < -0.39 is 0 Å². The van der Waals surface area contributed by atoms with Crippen LogP contribution in [0.2, 0.25) is 0 Å². The summed E-state index contributed by atoms with van der Waals surface area (Å²) in [6, 6.07) is 0. The van der Waals surface area contributed by atoms with E-state index in [4.69, 9.17) is 4.74 Å². The number of esters is 1. The van der Waals surface area contributed by atoms with Gasteiger partial charge in [-0.1, -0.05) is 45.3 Å². The summed E-state index contributed by atoms with van der Waals surface area (Å²) in [5.41, 5.74) is 0. The molecule has 0 aliphatic heterocycles. The lowest BCUT2D eigenvalue weighted by molar-refractivity contribution is -0.140. The van der Waals surface area contributed by atoms with E-state index >= 15 is 0 Å². The fourth-order valence-electron chi connectivity index (χ4n) is 2.15. The summed E-state index contributed by atoms with van der Waals surface area (Å²) in [5.74, 6) is 0.477. The Morgan fingerprint density at radius 1 is 1.00 bits per heavy atom. The highest BCUT2D eigenvalue weighted by atomic mass is 16.5. The van der Waals surface area contributed by atoms with Crippen LogP contribution in [-0.4, -0.2) is 26.3 Å². The van der Waals surface area contributed by atoms with Crippen molar-refractivity contribution in [1.29, 1.82) is 0 Å². The molecule has 1 unspecified atom stereocenters. The van der Waals surface area contributed by atoms with E-state index in [1.165, 1.54) is 26.4 Å². The van der Waals surface area contributed by atoms with Crippen LogP contribution in [0.4, 0.5) is 0 Å². The summed E-state index contributed by atoms with van der Waals surface area (Å²) in [4.78, 5) is 10.9. The van der Waals surface area contributed by atoms with Crippen LogP contribution in [-0.2, 0) is 14.3 Å². The molecule has 0 N–H and O–H groups in total. The maximum atomic E-state index is 10.9. The molecule has 0 bridgehead atoms. The van der Waals surface area contributed by atoms with Crippen molar-refractivity contribution in [3.63, 3.8) is 0 Å². The van der Waals surface area contributed by atoms with Crippen LogP contribution in [0.25, 0.3) is 0 Å². The Labute approximate surface area is 124 Å². The van der Waals surface area contributed by atoms with E-state index in [2.05, 4.69) is 30.7 Å². The van der Waals surface area contributed by atoms with Crippen LogP contribution >= 0.6 is 0 Å². The number of hydrogen-bond acceptors (Lipinski definition) is 3. The Hall–Kier alpha value is -0.830. The highest BCUT2D eigenvalue weighted by Gasteiger charge is 2.09. The van der Waals surface area contributed by atoms with Gasteiger partial charge < -0.3 is 9.47 Å². The highest BCUT2D eigenvalue weighted by molar-refractivity contribution is 5.68. The molecule has 3 heteroatoms. The van der Waals surface area contributed by atoms with E-state index in [0.717, 1.165) is 25.7 Å². The van der Waals surface area contributed by atoms with Gasteiger partial charge in [0, 0.05) is 13.5 Å². The zero-order valence-electron chi connectivity index (χ0n) is 13.7. The second kappa shape index (κ2) is 13.2. The number of carbonyl (C=O) groups excluding carboxylic acids is 1. The molecule has 0 aliphatic rings. The van der Waals surface area contributed by atoms with Gasteiger partial charge in [-0.3, -0.25) is 4.79 Å². The Bertz CT molecular complexity index is 259. The molecule has 3 nitrogen and oxygen atoms in total. The van der Waals surface area contributed by atoms with Crippen molar-refractivity contribution >= 4 is 5.97 Å². The number of methoxy groups -OCH3 is 2. The van der Waals surface area contributed by atoms with E-state index in [1.807, 2.05) is 0 Å². The number of allylic oxidation sites excluding steroid dienone is 1. The van der Waals surface area contributed by atoms with Gasteiger partial charge in [-0.2, -0.15) is 0 Å². The summed E-state index contributed by atoms with van der Waals surface area (Å²) in [6.45, 7) is 4.38.